The molecule has 1 unspecified atom stereocenters. The van der Waals surface area contributed by atoms with Crippen LogP contribution in [0.1, 0.15) is 19.8 Å². The molecule has 1 atom stereocenters. The van der Waals surface area contributed by atoms with Gasteiger partial charge in [0, 0.05) is 19.1 Å². The third-order valence-electron chi connectivity index (χ3n) is 1.62. The van der Waals surface area contributed by atoms with Crippen molar-refractivity contribution in [3.05, 3.63) is 0 Å². The molecule has 0 spiro atoms. The Morgan fingerprint density at radius 1 is 1.50 bits per heavy atom. The van der Waals surface area contributed by atoms with Crippen molar-refractivity contribution < 1.29 is 13.5 Å². The largest absolute Gasteiger partial charge is 0.375 e. The Morgan fingerprint density at radius 3 is 2.71 bits per heavy atom. The number of hydrogen-bond donors (Lipinski definition) is 2. The van der Waals surface area contributed by atoms with Crippen LogP contribution in [0.25, 0.3) is 0 Å². The maximum Gasteiger partial charge on any atom is 0.261 e. The van der Waals surface area contributed by atoms with E-state index in [-0.39, 0.29) is 12.6 Å². The van der Waals surface area contributed by atoms with E-state index in [4.69, 9.17) is 10.6 Å². The SMILES string of the molecule is CC#CCC(CCOCC(F)F)NN. The van der Waals surface area contributed by atoms with E-state index >= 15 is 0 Å². The summed E-state index contributed by atoms with van der Waals surface area (Å²) >= 11 is 0. The second-order valence-corrected chi connectivity index (χ2v) is 2.75. The second-order valence-electron chi connectivity index (χ2n) is 2.75. The van der Waals surface area contributed by atoms with Crippen LogP contribution in [0, 0.1) is 11.8 Å². The lowest BCUT2D eigenvalue weighted by atomic mass is 10.1. The van der Waals surface area contributed by atoms with Gasteiger partial charge in [-0.2, -0.15) is 0 Å². The molecule has 0 aromatic carbocycles. The third kappa shape index (κ3) is 7.92. The fourth-order valence-electron chi connectivity index (χ4n) is 0.868. The Morgan fingerprint density at radius 2 is 2.21 bits per heavy atom. The minimum Gasteiger partial charge on any atom is -0.375 e. The molecule has 0 radical (unpaired) electrons. The predicted octanol–water partition coefficient (Wildman–Crippen LogP) is 0.904. The molecular weight excluding hydrogens is 190 g/mol. The molecule has 3 nitrogen and oxygen atoms in total. The summed E-state index contributed by atoms with van der Waals surface area (Å²) in [5.41, 5.74) is 2.55. The van der Waals surface area contributed by atoms with Crippen LogP contribution in [0.15, 0.2) is 0 Å². The van der Waals surface area contributed by atoms with E-state index in [0.29, 0.717) is 12.8 Å². The summed E-state index contributed by atoms with van der Waals surface area (Å²) in [6.07, 6.45) is -1.22. The minimum atomic E-state index is -2.41. The lowest BCUT2D eigenvalue weighted by Crippen LogP contribution is -2.35. The summed E-state index contributed by atoms with van der Waals surface area (Å²) in [5, 5.41) is 0. The third-order valence-corrected chi connectivity index (χ3v) is 1.62. The molecule has 0 aliphatic rings. The van der Waals surface area contributed by atoms with Crippen molar-refractivity contribution in [1.82, 2.24) is 5.43 Å². The van der Waals surface area contributed by atoms with E-state index in [0.717, 1.165) is 0 Å². The first kappa shape index (κ1) is 13.3. The average molecular weight is 206 g/mol. The van der Waals surface area contributed by atoms with Crippen molar-refractivity contribution in [1.29, 1.82) is 0 Å². The number of ether oxygens (including phenoxy) is 1. The number of nitrogens with one attached hydrogen (secondary N) is 1. The van der Waals surface area contributed by atoms with E-state index in [1.165, 1.54) is 0 Å². The van der Waals surface area contributed by atoms with Crippen LogP contribution in [0.4, 0.5) is 8.78 Å². The van der Waals surface area contributed by atoms with Crippen molar-refractivity contribution in [2.75, 3.05) is 13.2 Å². The lowest BCUT2D eigenvalue weighted by Gasteiger charge is -2.12. The number of hydrazine groups is 1. The topological polar surface area (TPSA) is 47.3 Å². The number of rotatable bonds is 7. The van der Waals surface area contributed by atoms with Crippen LogP contribution in [-0.2, 0) is 4.74 Å². The van der Waals surface area contributed by atoms with Gasteiger partial charge in [-0.05, 0) is 13.3 Å². The van der Waals surface area contributed by atoms with E-state index < -0.39 is 13.0 Å². The maximum atomic E-state index is 11.7. The number of hydrogen-bond acceptors (Lipinski definition) is 3. The highest BCUT2D eigenvalue weighted by molar-refractivity contribution is 4.97. The summed E-state index contributed by atoms with van der Waals surface area (Å²) in [7, 11) is 0. The fraction of sp³-hybridized carbons (Fsp3) is 0.778. The van der Waals surface area contributed by atoms with E-state index in [9.17, 15) is 8.78 Å². The molecule has 0 aliphatic carbocycles. The summed E-state index contributed by atoms with van der Waals surface area (Å²) in [6, 6.07) is 0.000113. The van der Waals surface area contributed by atoms with E-state index in [1.807, 2.05) is 0 Å². The van der Waals surface area contributed by atoms with Crippen LogP contribution < -0.4 is 11.3 Å². The molecule has 0 rings (SSSR count). The van der Waals surface area contributed by atoms with Gasteiger partial charge in [0.2, 0.25) is 0 Å². The summed E-state index contributed by atoms with van der Waals surface area (Å²) < 4.78 is 28.0. The van der Waals surface area contributed by atoms with Gasteiger partial charge in [-0.1, -0.05) is 0 Å². The van der Waals surface area contributed by atoms with Gasteiger partial charge in [-0.15, -0.1) is 11.8 Å². The van der Waals surface area contributed by atoms with Crippen molar-refractivity contribution in [3.8, 4) is 11.8 Å². The molecule has 14 heavy (non-hydrogen) atoms. The molecule has 0 fully saturated rings. The Balaban J connectivity index is 3.45. The first-order valence-corrected chi connectivity index (χ1v) is 4.42. The Labute approximate surface area is 83.0 Å². The molecule has 0 saturated heterocycles. The molecular formula is C9H16F2N2O. The van der Waals surface area contributed by atoms with Crippen molar-refractivity contribution in [2.24, 2.45) is 5.84 Å². The number of nitrogens with two attached hydrogens (primary N) is 1. The standard InChI is InChI=1S/C9H16F2N2O/c1-2-3-4-8(13-12)5-6-14-7-9(10)11/h8-9,13H,4-7,12H2,1H3. The Bertz CT molecular complexity index is 189. The van der Waals surface area contributed by atoms with Gasteiger partial charge in [-0.3, -0.25) is 11.3 Å². The molecule has 0 aromatic rings. The van der Waals surface area contributed by atoms with Crippen molar-refractivity contribution in [2.45, 2.75) is 32.2 Å². The Hall–Kier alpha value is -0.700. The van der Waals surface area contributed by atoms with Gasteiger partial charge in [0.1, 0.15) is 6.61 Å². The molecule has 0 heterocycles. The van der Waals surface area contributed by atoms with Crippen LogP contribution in [0.3, 0.4) is 0 Å². The van der Waals surface area contributed by atoms with Crippen LogP contribution in [-0.4, -0.2) is 25.7 Å². The molecule has 0 saturated carbocycles. The highest BCUT2D eigenvalue weighted by Crippen LogP contribution is 1.98. The molecule has 3 N–H and O–H groups in total. The average Bonchev–Trinajstić information content (AvgIpc) is 2.16. The zero-order valence-electron chi connectivity index (χ0n) is 8.22. The maximum absolute atomic E-state index is 11.7. The van der Waals surface area contributed by atoms with Gasteiger partial charge in [0.15, 0.2) is 0 Å². The van der Waals surface area contributed by atoms with Gasteiger partial charge < -0.3 is 4.74 Å². The normalized spacial score (nSPS) is 12.4. The van der Waals surface area contributed by atoms with Gasteiger partial charge in [0.25, 0.3) is 6.43 Å². The van der Waals surface area contributed by atoms with Gasteiger partial charge in [-0.25, -0.2) is 8.78 Å². The Kier molecular flexibility index (Phi) is 8.43. The van der Waals surface area contributed by atoms with Crippen LogP contribution >= 0.6 is 0 Å². The predicted molar refractivity (Wildman–Crippen MR) is 50.6 cm³/mol. The van der Waals surface area contributed by atoms with Gasteiger partial charge in [0.05, 0.1) is 0 Å². The molecule has 82 valence electrons. The summed E-state index contributed by atoms with van der Waals surface area (Å²) in [5.74, 6) is 10.8. The summed E-state index contributed by atoms with van der Waals surface area (Å²) in [4.78, 5) is 0. The van der Waals surface area contributed by atoms with E-state index in [1.54, 1.807) is 6.92 Å². The van der Waals surface area contributed by atoms with Crippen molar-refractivity contribution in [3.63, 3.8) is 0 Å². The smallest absolute Gasteiger partial charge is 0.261 e. The first-order chi connectivity index (χ1) is 6.70. The molecule has 5 heteroatoms. The van der Waals surface area contributed by atoms with Crippen molar-refractivity contribution >= 4 is 0 Å². The van der Waals surface area contributed by atoms with E-state index in [2.05, 4.69) is 17.3 Å². The molecule has 0 bridgehead atoms. The second kappa shape index (κ2) is 8.88. The first-order valence-electron chi connectivity index (χ1n) is 4.42. The zero-order valence-corrected chi connectivity index (χ0v) is 8.22. The fourth-order valence-corrected chi connectivity index (χ4v) is 0.868. The number of alkyl halides is 2. The van der Waals surface area contributed by atoms with Crippen LogP contribution in [0.5, 0.6) is 0 Å². The monoisotopic (exact) mass is 206 g/mol. The summed E-state index contributed by atoms with van der Waals surface area (Å²) in [6.45, 7) is 1.49. The molecule has 0 amide bonds. The minimum absolute atomic E-state index is 0.000113. The van der Waals surface area contributed by atoms with Crippen LogP contribution in [0.2, 0.25) is 0 Å². The molecule has 0 aromatic heterocycles. The molecule has 0 aliphatic heterocycles. The highest BCUT2D eigenvalue weighted by Gasteiger charge is 2.06. The quantitative estimate of drug-likeness (QED) is 0.281. The highest BCUT2D eigenvalue weighted by atomic mass is 19.3. The number of halogens is 2. The lowest BCUT2D eigenvalue weighted by molar-refractivity contribution is 0.0145. The van der Waals surface area contributed by atoms with Gasteiger partial charge >= 0.3 is 0 Å². The zero-order chi connectivity index (χ0) is 10.8.